The second-order valence-corrected chi connectivity index (χ2v) is 7.93. The molecule has 0 radical (unpaired) electrons. The van der Waals surface area contributed by atoms with Crippen molar-refractivity contribution in [2.24, 2.45) is 5.92 Å². The van der Waals surface area contributed by atoms with E-state index < -0.39 is 6.30 Å². The predicted octanol–water partition coefficient (Wildman–Crippen LogP) is 4.27. The molecule has 0 aliphatic carbocycles. The summed E-state index contributed by atoms with van der Waals surface area (Å²) in [4.78, 5) is 2.24. The van der Waals surface area contributed by atoms with Crippen LogP contribution in [0.25, 0.3) is 10.9 Å². The van der Waals surface area contributed by atoms with Gasteiger partial charge in [0.1, 0.15) is 12.4 Å². The molecule has 0 bridgehead atoms. The fourth-order valence-corrected chi connectivity index (χ4v) is 4.50. The summed E-state index contributed by atoms with van der Waals surface area (Å²) in [5.74, 6) is 0.733. The Kier molecular flexibility index (Phi) is 4.74. The number of halogens is 3. The Labute approximate surface area is 176 Å². The van der Waals surface area contributed by atoms with Crippen molar-refractivity contribution in [2.45, 2.75) is 24.8 Å². The number of nitrogens with zero attached hydrogens (tertiary/aromatic N) is 4. The summed E-state index contributed by atoms with van der Waals surface area (Å²) in [6.07, 6.45) is -2.76. The number of nitrogens with one attached hydrogen (secondary N) is 1. The molecule has 3 aromatic rings. The van der Waals surface area contributed by atoms with Crippen LogP contribution in [-0.2, 0) is 6.30 Å². The van der Waals surface area contributed by atoms with Crippen LogP contribution in [0, 0.1) is 17.2 Å². The largest absolute Gasteiger partial charge is 0.504 e. The van der Waals surface area contributed by atoms with E-state index in [9.17, 15) is 18.4 Å². The number of fused-ring (bicyclic) bond motifs is 2. The third-order valence-electron chi connectivity index (χ3n) is 6.04. The molecule has 31 heavy (non-hydrogen) atoms. The first-order chi connectivity index (χ1) is 14.9. The first-order valence-electron chi connectivity index (χ1n) is 10.1. The molecule has 3 atom stereocenters. The van der Waals surface area contributed by atoms with Gasteiger partial charge in [-0.3, -0.25) is 4.90 Å². The Morgan fingerprint density at radius 1 is 1.16 bits per heavy atom. The highest BCUT2D eigenvalue weighted by molar-refractivity contribution is 5.91. The Morgan fingerprint density at radius 3 is 2.77 bits per heavy atom. The third kappa shape index (κ3) is 3.57. The van der Waals surface area contributed by atoms with Crippen LogP contribution in [0.3, 0.4) is 0 Å². The summed E-state index contributed by atoms with van der Waals surface area (Å²) < 4.78 is 45.6. The van der Waals surface area contributed by atoms with E-state index >= 15 is 0 Å². The van der Waals surface area contributed by atoms with Gasteiger partial charge in [0.15, 0.2) is 0 Å². The van der Waals surface area contributed by atoms with Crippen LogP contribution in [-0.4, -0.2) is 40.4 Å². The van der Waals surface area contributed by atoms with Gasteiger partial charge in [0.2, 0.25) is 0 Å². The quantitative estimate of drug-likeness (QED) is 0.676. The Bertz CT molecular complexity index is 1150. The van der Waals surface area contributed by atoms with Gasteiger partial charge in [-0.05, 0) is 24.6 Å². The summed E-state index contributed by atoms with van der Waals surface area (Å²) in [5, 5.41) is 16.9. The second kappa shape index (κ2) is 7.46. The molecular weight excluding hydrogens is 407 g/mol. The van der Waals surface area contributed by atoms with Gasteiger partial charge in [-0.15, -0.1) is 13.2 Å². The topological polar surface area (TPSA) is 66.1 Å². The maximum Gasteiger partial charge on any atom is 0.504 e. The van der Waals surface area contributed by atoms with Crippen LogP contribution in [0.2, 0.25) is 0 Å². The minimum atomic E-state index is -4.58. The van der Waals surface area contributed by atoms with Crippen molar-refractivity contribution in [3.8, 4) is 11.8 Å². The minimum Gasteiger partial charge on any atom is -0.491 e. The van der Waals surface area contributed by atoms with E-state index in [1.54, 1.807) is 18.2 Å². The van der Waals surface area contributed by atoms with Crippen LogP contribution in [0.4, 0.5) is 18.9 Å². The first kappa shape index (κ1) is 19.7. The van der Waals surface area contributed by atoms with Crippen molar-refractivity contribution in [2.75, 3.05) is 25.0 Å². The zero-order chi connectivity index (χ0) is 21.6. The van der Waals surface area contributed by atoms with E-state index in [1.807, 2.05) is 24.3 Å². The molecule has 0 amide bonds. The summed E-state index contributed by atoms with van der Waals surface area (Å²) in [5.41, 5.74) is 1.79. The van der Waals surface area contributed by atoms with Gasteiger partial charge in [-0.25, -0.2) is 0 Å². The van der Waals surface area contributed by atoms with E-state index in [2.05, 4.69) is 21.4 Å². The van der Waals surface area contributed by atoms with Crippen molar-refractivity contribution in [1.82, 2.24) is 14.7 Å². The fourth-order valence-electron chi connectivity index (χ4n) is 4.50. The molecule has 160 valence electrons. The standard InChI is InChI=1S/C22H20F3N5O/c23-22(24,25)30-12-16-17(5-3-6-18(16)28-30)27-21-15-4-1-2-7-20(15)31-13-19(21)29-9-8-14(10-26)11-29/h1-7,12,14,19,21,27H,8-9,11,13H2/t14-,19+,21+/m1/s1. The highest BCUT2D eigenvalue weighted by Crippen LogP contribution is 2.39. The zero-order valence-electron chi connectivity index (χ0n) is 16.5. The van der Waals surface area contributed by atoms with Gasteiger partial charge < -0.3 is 10.1 Å². The molecule has 5 rings (SSSR count). The molecule has 9 heteroatoms. The zero-order valence-corrected chi connectivity index (χ0v) is 16.5. The van der Waals surface area contributed by atoms with Crippen molar-refractivity contribution in [3.05, 3.63) is 54.2 Å². The Morgan fingerprint density at radius 2 is 2.00 bits per heavy atom. The maximum absolute atomic E-state index is 13.2. The SMILES string of the molecule is N#C[C@H]1CCN([C@H]2COc3ccccc3[C@@H]2Nc2cccc3nn(C(F)(F)F)cc23)C1. The molecular formula is C22H20F3N5O. The fraction of sp³-hybridized carbons (Fsp3) is 0.364. The molecule has 2 aliphatic heterocycles. The number of hydrogen-bond donors (Lipinski definition) is 1. The molecule has 0 unspecified atom stereocenters. The van der Waals surface area contributed by atoms with Crippen molar-refractivity contribution < 1.29 is 17.9 Å². The number of nitriles is 1. The first-order valence-corrected chi connectivity index (χ1v) is 10.1. The molecule has 1 aromatic heterocycles. The molecule has 0 spiro atoms. The Hall–Kier alpha value is -3.25. The number of likely N-dealkylation sites (tertiary alicyclic amines) is 1. The lowest BCUT2D eigenvalue weighted by molar-refractivity contribution is -0.211. The molecule has 1 saturated heterocycles. The molecule has 2 aromatic carbocycles. The lowest BCUT2D eigenvalue weighted by atomic mass is 9.94. The molecule has 0 saturated carbocycles. The van der Waals surface area contributed by atoms with Gasteiger partial charge in [0, 0.05) is 35.9 Å². The minimum absolute atomic E-state index is 0.0220. The average Bonchev–Trinajstić information content (AvgIpc) is 3.41. The Balaban J connectivity index is 1.53. The van der Waals surface area contributed by atoms with E-state index in [1.165, 1.54) is 0 Å². The van der Waals surface area contributed by atoms with Crippen LogP contribution in [0.5, 0.6) is 5.75 Å². The lowest BCUT2D eigenvalue weighted by Crippen LogP contribution is -2.47. The highest BCUT2D eigenvalue weighted by atomic mass is 19.4. The number of benzene rings is 2. The van der Waals surface area contributed by atoms with Gasteiger partial charge in [0.25, 0.3) is 0 Å². The van der Waals surface area contributed by atoms with Gasteiger partial charge in [-0.2, -0.15) is 15.0 Å². The maximum atomic E-state index is 13.2. The lowest BCUT2D eigenvalue weighted by Gasteiger charge is -2.39. The summed E-state index contributed by atoms with van der Waals surface area (Å²) in [7, 11) is 0. The molecule has 1 N–H and O–H groups in total. The van der Waals surface area contributed by atoms with Crippen molar-refractivity contribution in [1.29, 1.82) is 5.26 Å². The number of para-hydroxylation sites is 1. The summed E-state index contributed by atoms with van der Waals surface area (Å²) in [6.45, 7) is 1.87. The third-order valence-corrected chi connectivity index (χ3v) is 6.04. The number of anilines is 1. The van der Waals surface area contributed by atoms with E-state index in [4.69, 9.17) is 4.74 Å². The highest BCUT2D eigenvalue weighted by Gasteiger charge is 2.39. The number of rotatable bonds is 3. The number of ether oxygens (including phenoxy) is 1. The smallest absolute Gasteiger partial charge is 0.491 e. The normalized spacial score (nSPS) is 23.9. The van der Waals surface area contributed by atoms with Crippen LogP contribution in [0.15, 0.2) is 48.7 Å². The van der Waals surface area contributed by atoms with Crippen molar-refractivity contribution >= 4 is 16.6 Å². The van der Waals surface area contributed by atoms with Gasteiger partial charge >= 0.3 is 6.30 Å². The van der Waals surface area contributed by atoms with Crippen molar-refractivity contribution in [3.63, 3.8) is 0 Å². The molecule has 2 aliphatic rings. The molecule has 6 nitrogen and oxygen atoms in total. The number of aromatic nitrogens is 2. The molecule has 3 heterocycles. The van der Waals surface area contributed by atoms with E-state index in [0.717, 1.165) is 30.5 Å². The number of hydrogen-bond acceptors (Lipinski definition) is 5. The second-order valence-electron chi connectivity index (χ2n) is 7.93. The van der Waals surface area contributed by atoms with Crippen LogP contribution in [0.1, 0.15) is 18.0 Å². The van der Waals surface area contributed by atoms with E-state index in [0.29, 0.717) is 24.2 Å². The van der Waals surface area contributed by atoms with Gasteiger partial charge in [0.05, 0.1) is 29.6 Å². The molecule has 1 fully saturated rings. The van der Waals surface area contributed by atoms with Gasteiger partial charge in [-0.1, -0.05) is 24.3 Å². The van der Waals surface area contributed by atoms with E-state index in [-0.39, 0.29) is 28.2 Å². The van der Waals surface area contributed by atoms with Crippen LogP contribution < -0.4 is 10.1 Å². The predicted molar refractivity (Wildman–Crippen MR) is 108 cm³/mol. The van der Waals surface area contributed by atoms with Crippen LogP contribution >= 0.6 is 0 Å². The summed E-state index contributed by atoms with van der Waals surface area (Å²) >= 11 is 0. The summed E-state index contributed by atoms with van der Waals surface area (Å²) in [6, 6.07) is 14.8. The monoisotopic (exact) mass is 427 g/mol. The number of alkyl halides is 3. The average molecular weight is 427 g/mol.